The van der Waals surface area contributed by atoms with E-state index in [0.717, 1.165) is 36.6 Å². The van der Waals surface area contributed by atoms with Crippen molar-refractivity contribution < 1.29 is 4.79 Å². The molecule has 0 bridgehead atoms. The number of amides is 1. The first-order valence-electron chi connectivity index (χ1n) is 9.07. The van der Waals surface area contributed by atoms with Crippen LogP contribution in [0.25, 0.3) is 10.9 Å². The molecule has 1 N–H and O–H groups in total. The van der Waals surface area contributed by atoms with Crippen LogP contribution in [0.5, 0.6) is 0 Å². The van der Waals surface area contributed by atoms with Gasteiger partial charge in [0.2, 0.25) is 5.56 Å². The SMILES string of the molecule is O=C(c1cc(=O)[nH]c2ccccc12)N1CCCCC[C@H]1c1ccncc1. The average molecular weight is 347 g/mol. The molecule has 0 aliphatic carbocycles. The van der Waals surface area contributed by atoms with Gasteiger partial charge in [0.1, 0.15) is 0 Å². The van der Waals surface area contributed by atoms with Crippen LogP contribution < -0.4 is 5.56 Å². The zero-order chi connectivity index (χ0) is 17.9. The molecule has 5 heteroatoms. The van der Waals surface area contributed by atoms with Gasteiger partial charge in [0, 0.05) is 35.9 Å². The van der Waals surface area contributed by atoms with Crippen molar-refractivity contribution in [3.8, 4) is 0 Å². The third kappa shape index (κ3) is 3.12. The van der Waals surface area contributed by atoms with Crippen molar-refractivity contribution in [2.75, 3.05) is 6.54 Å². The quantitative estimate of drug-likeness (QED) is 0.769. The van der Waals surface area contributed by atoms with Gasteiger partial charge in [0.25, 0.3) is 5.91 Å². The van der Waals surface area contributed by atoms with E-state index in [0.29, 0.717) is 17.6 Å². The van der Waals surface area contributed by atoms with E-state index in [9.17, 15) is 9.59 Å². The number of pyridine rings is 2. The second-order valence-corrected chi connectivity index (χ2v) is 6.74. The summed E-state index contributed by atoms with van der Waals surface area (Å²) in [4.78, 5) is 34.4. The van der Waals surface area contributed by atoms with Crippen LogP contribution in [0, 0.1) is 0 Å². The molecular formula is C21H21N3O2. The van der Waals surface area contributed by atoms with Crippen LogP contribution in [0.15, 0.2) is 59.7 Å². The molecule has 1 saturated heterocycles. The Morgan fingerprint density at radius 3 is 2.73 bits per heavy atom. The van der Waals surface area contributed by atoms with Crippen molar-refractivity contribution in [2.45, 2.75) is 31.7 Å². The highest BCUT2D eigenvalue weighted by Crippen LogP contribution is 2.31. The molecule has 132 valence electrons. The Morgan fingerprint density at radius 2 is 1.88 bits per heavy atom. The van der Waals surface area contributed by atoms with Gasteiger partial charge in [-0.3, -0.25) is 14.6 Å². The van der Waals surface area contributed by atoms with E-state index in [1.54, 1.807) is 12.4 Å². The molecule has 0 spiro atoms. The van der Waals surface area contributed by atoms with E-state index in [1.807, 2.05) is 41.3 Å². The minimum absolute atomic E-state index is 0.0195. The van der Waals surface area contributed by atoms with Crippen LogP contribution in [0.2, 0.25) is 0 Å². The summed E-state index contributed by atoms with van der Waals surface area (Å²) in [5.74, 6) is -0.0731. The highest BCUT2D eigenvalue weighted by molar-refractivity contribution is 6.06. The van der Waals surface area contributed by atoms with Gasteiger partial charge in [-0.15, -0.1) is 0 Å². The van der Waals surface area contributed by atoms with Crippen molar-refractivity contribution in [3.63, 3.8) is 0 Å². The summed E-state index contributed by atoms with van der Waals surface area (Å²) >= 11 is 0. The molecule has 26 heavy (non-hydrogen) atoms. The normalized spacial score (nSPS) is 17.8. The molecule has 0 unspecified atom stereocenters. The van der Waals surface area contributed by atoms with Gasteiger partial charge in [-0.25, -0.2) is 0 Å². The van der Waals surface area contributed by atoms with E-state index in [4.69, 9.17) is 0 Å². The number of nitrogens with zero attached hydrogens (tertiary/aromatic N) is 2. The summed E-state index contributed by atoms with van der Waals surface area (Å²) in [6, 6.07) is 12.9. The van der Waals surface area contributed by atoms with Gasteiger partial charge >= 0.3 is 0 Å². The molecule has 1 amide bonds. The minimum atomic E-state index is -0.248. The molecular weight excluding hydrogens is 326 g/mol. The van der Waals surface area contributed by atoms with Crippen LogP contribution >= 0.6 is 0 Å². The summed E-state index contributed by atoms with van der Waals surface area (Å²) in [7, 11) is 0. The Kier molecular flexibility index (Phi) is 4.52. The molecule has 5 nitrogen and oxygen atoms in total. The van der Waals surface area contributed by atoms with Crippen LogP contribution in [0.1, 0.15) is 47.6 Å². The third-order valence-corrected chi connectivity index (χ3v) is 5.09. The number of fused-ring (bicyclic) bond motifs is 1. The van der Waals surface area contributed by atoms with Crippen LogP contribution in [0.3, 0.4) is 0 Å². The number of para-hydroxylation sites is 1. The maximum atomic E-state index is 13.5. The van der Waals surface area contributed by atoms with Crippen molar-refractivity contribution in [2.24, 2.45) is 0 Å². The minimum Gasteiger partial charge on any atom is -0.332 e. The number of carbonyl (C=O) groups excluding carboxylic acids is 1. The van der Waals surface area contributed by atoms with Gasteiger partial charge in [0.15, 0.2) is 0 Å². The van der Waals surface area contributed by atoms with E-state index in [-0.39, 0.29) is 17.5 Å². The number of aromatic nitrogens is 2. The molecule has 1 atom stereocenters. The Bertz CT molecular complexity index is 981. The number of nitrogens with one attached hydrogen (secondary N) is 1. The van der Waals surface area contributed by atoms with E-state index in [2.05, 4.69) is 9.97 Å². The highest BCUT2D eigenvalue weighted by Gasteiger charge is 2.28. The monoisotopic (exact) mass is 347 g/mol. The average Bonchev–Trinajstić information content (AvgIpc) is 2.93. The largest absolute Gasteiger partial charge is 0.332 e. The van der Waals surface area contributed by atoms with Gasteiger partial charge in [-0.2, -0.15) is 0 Å². The second kappa shape index (κ2) is 7.12. The Balaban J connectivity index is 1.79. The molecule has 0 saturated carbocycles. The second-order valence-electron chi connectivity index (χ2n) is 6.74. The topological polar surface area (TPSA) is 66.1 Å². The number of rotatable bonds is 2. The molecule has 3 aromatic rings. The first kappa shape index (κ1) is 16.5. The van der Waals surface area contributed by atoms with Gasteiger partial charge in [-0.05, 0) is 36.6 Å². The number of likely N-dealkylation sites (tertiary alicyclic amines) is 1. The number of hydrogen-bond donors (Lipinski definition) is 1. The highest BCUT2D eigenvalue weighted by atomic mass is 16.2. The summed E-state index contributed by atoms with van der Waals surface area (Å²) < 4.78 is 0. The van der Waals surface area contributed by atoms with Crippen LogP contribution in [0.4, 0.5) is 0 Å². The third-order valence-electron chi connectivity index (χ3n) is 5.09. The molecule has 2 aromatic heterocycles. The lowest BCUT2D eigenvalue weighted by atomic mass is 10.0. The molecule has 1 fully saturated rings. The lowest BCUT2D eigenvalue weighted by molar-refractivity contribution is 0.0682. The smallest absolute Gasteiger partial charge is 0.255 e. The fraction of sp³-hybridized carbons (Fsp3) is 0.286. The molecule has 1 aliphatic rings. The molecule has 1 aromatic carbocycles. The van der Waals surface area contributed by atoms with Crippen LogP contribution in [-0.2, 0) is 0 Å². The van der Waals surface area contributed by atoms with Gasteiger partial charge in [-0.1, -0.05) is 31.0 Å². The summed E-state index contributed by atoms with van der Waals surface area (Å²) in [5, 5.41) is 0.787. The summed E-state index contributed by atoms with van der Waals surface area (Å²) in [6.07, 6.45) is 7.65. The van der Waals surface area contributed by atoms with Crippen molar-refractivity contribution in [1.82, 2.24) is 14.9 Å². The Hall–Kier alpha value is -2.95. The predicted molar refractivity (Wildman–Crippen MR) is 101 cm³/mol. The van der Waals surface area contributed by atoms with Gasteiger partial charge < -0.3 is 9.88 Å². The van der Waals surface area contributed by atoms with Gasteiger partial charge in [0.05, 0.1) is 11.6 Å². The van der Waals surface area contributed by atoms with Crippen molar-refractivity contribution in [3.05, 3.63) is 76.3 Å². The Morgan fingerprint density at radius 1 is 1.08 bits per heavy atom. The van der Waals surface area contributed by atoms with E-state index >= 15 is 0 Å². The fourth-order valence-electron chi connectivity index (χ4n) is 3.82. The first-order chi connectivity index (χ1) is 12.7. The number of hydrogen-bond acceptors (Lipinski definition) is 3. The number of carbonyl (C=O) groups is 1. The lowest BCUT2D eigenvalue weighted by Gasteiger charge is -2.30. The van der Waals surface area contributed by atoms with E-state index < -0.39 is 0 Å². The number of benzene rings is 1. The maximum Gasteiger partial charge on any atom is 0.255 e. The zero-order valence-corrected chi connectivity index (χ0v) is 14.5. The molecule has 1 aliphatic heterocycles. The molecule has 3 heterocycles. The standard InChI is InChI=1S/C21H21N3O2/c25-20-14-17(16-6-3-4-7-18(16)23-20)21(26)24-13-5-1-2-8-19(24)15-9-11-22-12-10-15/h3-4,6-7,9-12,14,19H,1-2,5,8,13H2,(H,23,25)/t19-/m0/s1. The molecule has 4 rings (SSSR count). The maximum absolute atomic E-state index is 13.5. The van der Waals surface area contributed by atoms with Crippen molar-refractivity contribution >= 4 is 16.8 Å². The molecule has 0 radical (unpaired) electrons. The summed E-state index contributed by atoms with van der Waals surface area (Å²) in [6.45, 7) is 0.701. The lowest BCUT2D eigenvalue weighted by Crippen LogP contribution is -2.35. The first-order valence-corrected chi connectivity index (χ1v) is 9.07. The van der Waals surface area contributed by atoms with E-state index in [1.165, 1.54) is 6.07 Å². The predicted octanol–water partition coefficient (Wildman–Crippen LogP) is 3.68. The van der Waals surface area contributed by atoms with Crippen LogP contribution in [-0.4, -0.2) is 27.3 Å². The zero-order valence-electron chi connectivity index (χ0n) is 14.5. The van der Waals surface area contributed by atoms with Crippen molar-refractivity contribution in [1.29, 1.82) is 0 Å². The number of aromatic amines is 1. The summed E-state index contributed by atoms with van der Waals surface area (Å²) in [5.41, 5.74) is 2.02. The Labute approximate surface area is 151 Å². The fourth-order valence-corrected chi connectivity index (χ4v) is 3.82. The number of H-pyrrole nitrogens is 1.